The molecule has 1 saturated heterocycles. The van der Waals surface area contributed by atoms with Crippen molar-refractivity contribution in [3.8, 4) is 11.5 Å². The second-order valence-electron chi connectivity index (χ2n) is 10.9. The number of amides is 2. The summed E-state index contributed by atoms with van der Waals surface area (Å²) in [5, 5.41) is 15.8. The van der Waals surface area contributed by atoms with Crippen LogP contribution < -0.4 is 5.32 Å². The average Bonchev–Trinajstić information content (AvgIpc) is 3.40. The van der Waals surface area contributed by atoms with Gasteiger partial charge in [0, 0.05) is 49.5 Å². The Morgan fingerprint density at radius 2 is 1.88 bits per heavy atom. The molecular weight excluding hydrogens is 534 g/mol. The lowest BCUT2D eigenvalue weighted by atomic mass is 9.99. The molecule has 4 heterocycles. The van der Waals surface area contributed by atoms with Crippen LogP contribution >= 0.6 is 0 Å². The number of oxazole rings is 1. The van der Waals surface area contributed by atoms with Crippen molar-refractivity contribution in [1.82, 2.24) is 40.0 Å². The van der Waals surface area contributed by atoms with Crippen molar-refractivity contribution in [2.75, 3.05) is 25.0 Å². The topological polar surface area (TPSA) is 135 Å². The number of benzene rings is 2. The highest BCUT2D eigenvalue weighted by molar-refractivity contribution is 5.94. The van der Waals surface area contributed by atoms with Crippen molar-refractivity contribution in [2.45, 2.75) is 31.3 Å². The highest BCUT2D eigenvalue weighted by atomic mass is 16.3. The third-order valence-electron chi connectivity index (χ3n) is 7.95. The molecule has 12 heteroatoms. The van der Waals surface area contributed by atoms with Crippen LogP contribution in [0.15, 0.2) is 71.3 Å². The number of aryl methyl sites for hydroxylation is 1. The summed E-state index contributed by atoms with van der Waals surface area (Å²) < 4.78 is 5.96. The number of rotatable bonds is 6. The summed E-state index contributed by atoms with van der Waals surface area (Å²) in [7, 11) is 1.77. The standard InChI is InChI=1S/C30H29N9O3/c1-19(40)32-22-8-9-25-23(17-22)33-28(42-25)21-10-13-31-24(16-21)29(41)38-14-15-39(30(18-38)11-12-30)26(20-6-4-3-5-7-20)27-34-36-37(2)35-27/h3-10,13,16-17,26H,11-12,14-15,18H2,1-2H3,(H,32,40). The van der Waals surface area contributed by atoms with Crippen LogP contribution in [0.1, 0.15) is 47.7 Å². The van der Waals surface area contributed by atoms with Crippen LogP contribution in [-0.4, -0.2) is 77.0 Å². The molecule has 1 saturated carbocycles. The Kier molecular flexibility index (Phi) is 6.27. The van der Waals surface area contributed by atoms with E-state index >= 15 is 0 Å². The third-order valence-corrected chi connectivity index (χ3v) is 7.95. The van der Waals surface area contributed by atoms with Crippen molar-refractivity contribution in [2.24, 2.45) is 7.05 Å². The minimum atomic E-state index is -0.162. The molecular formula is C30H29N9O3. The fourth-order valence-electron chi connectivity index (χ4n) is 5.84. The summed E-state index contributed by atoms with van der Waals surface area (Å²) in [6.07, 6.45) is 3.57. The van der Waals surface area contributed by atoms with Gasteiger partial charge < -0.3 is 14.6 Å². The molecule has 1 N–H and O–H groups in total. The number of nitrogens with one attached hydrogen (secondary N) is 1. The average molecular weight is 564 g/mol. The first-order valence-electron chi connectivity index (χ1n) is 13.9. The zero-order valence-electron chi connectivity index (χ0n) is 23.3. The van der Waals surface area contributed by atoms with Crippen LogP contribution in [0.5, 0.6) is 0 Å². The van der Waals surface area contributed by atoms with E-state index in [1.54, 1.807) is 43.6 Å². The summed E-state index contributed by atoms with van der Waals surface area (Å²) in [4.78, 5) is 40.0. The maximum Gasteiger partial charge on any atom is 0.272 e. The number of piperazine rings is 1. The quantitative estimate of drug-likeness (QED) is 0.329. The summed E-state index contributed by atoms with van der Waals surface area (Å²) >= 11 is 0. The minimum absolute atomic E-state index is 0.124. The lowest BCUT2D eigenvalue weighted by Crippen LogP contribution is -2.57. The van der Waals surface area contributed by atoms with Crippen LogP contribution in [-0.2, 0) is 11.8 Å². The summed E-state index contributed by atoms with van der Waals surface area (Å²) in [6.45, 7) is 3.27. The van der Waals surface area contributed by atoms with Crippen LogP contribution in [0.4, 0.5) is 5.69 Å². The van der Waals surface area contributed by atoms with Crippen molar-refractivity contribution >= 4 is 28.6 Å². The Balaban J connectivity index is 1.12. The fourth-order valence-corrected chi connectivity index (χ4v) is 5.84. The van der Waals surface area contributed by atoms with Crippen LogP contribution in [0, 0.1) is 0 Å². The van der Waals surface area contributed by atoms with Gasteiger partial charge in [0.15, 0.2) is 11.4 Å². The van der Waals surface area contributed by atoms with Gasteiger partial charge in [-0.2, -0.15) is 4.80 Å². The van der Waals surface area contributed by atoms with E-state index in [1.165, 1.54) is 11.7 Å². The number of hydrogen-bond acceptors (Lipinski definition) is 9. The van der Waals surface area contributed by atoms with Gasteiger partial charge in [-0.05, 0) is 54.0 Å². The van der Waals surface area contributed by atoms with Crippen LogP contribution in [0.2, 0.25) is 0 Å². The lowest BCUT2D eigenvalue weighted by Gasteiger charge is -2.45. The van der Waals surface area contributed by atoms with Crippen molar-refractivity contribution < 1.29 is 14.0 Å². The molecule has 2 amide bonds. The first-order chi connectivity index (χ1) is 20.4. The third kappa shape index (κ3) is 4.79. The van der Waals surface area contributed by atoms with Gasteiger partial charge in [0.1, 0.15) is 17.3 Å². The number of tetrazole rings is 1. The Morgan fingerprint density at radius 3 is 2.62 bits per heavy atom. The molecule has 1 aliphatic carbocycles. The number of carbonyl (C=O) groups is 2. The molecule has 1 spiro atoms. The van der Waals surface area contributed by atoms with Crippen LogP contribution in [0.25, 0.3) is 22.6 Å². The molecule has 0 radical (unpaired) electrons. The molecule has 1 unspecified atom stereocenters. The van der Waals surface area contributed by atoms with E-state index in [1.807, 2.05) is 23.1 Å². The van der Waals surface area contributed by atoms with E-state index < -0.39 is 0 Å². The Labute approximate surface area is 241 Å². The molecule has 2 aromatic carbocycles. The molecule has 7 rings (SSSR count). The second kappa shape index (κ2) is 10.1. The highest BCUT2D eigenvalue weighted by Gasteiger charge is 2.55. The monoisotopic (exact) mass is 563 g/mol. The molecule has 212 valence electrons. The second-order valence-corrected chi connectivity index (χ2v) is 10.9. The molecule has 0 bridgehead atoms. The maximum atomic E-state index is 13.8. The normalized spacial score (nSPS) is 17.0. The number of fused-ring (bicyclic) bond motifs is 1. The minimum Gasteiger partial charge on any atom is -0.436 e. The van der Waals surface area contributed by atoms with Gasteiger partial charge in [0.2, 0.25) is 11.8 Å². The van der Waals surface area contributed by atoms with E-state index in [2.05, 4.69) is 47.7 Å². The Bertz CT molecular complexity index is 1790. The summed E-state index contributed by atoms with van der Waals surface area (Å²) in [5.41, 5.74) is 3.78. The molecule has 5 aromatic rings. The van der Waals surface area contributed by atoms with Gasteiger partial charge in [0.25, 0.3) is 5.91 Å². The van der Waals surface area contributed by atoms with Gasteiger partial charge >= 0.3 is 0 Å². The summed E-state index contributed by atoms with van der Waals surface area (Å²) in [6, 6.07) is 18.9. The molecule has 1 aliphatic heterocycles. The molecule has 2 fully saturated rings. The van der Waals surface area contributed by atoms with E-state index in [4.69, 9.17) is 4.42 Å². The van der Waals surface area contributed by atoms with Crippen LogP contribution in [0.3, 0.4) is 0 Å². The predicted octanol–water partition coefficient (Wildman–Crippen LogP) is 3.45. The molecule has 3 aromatic heterocycles. The van der Waals surface area contributed by atoms with E-state index in [0.29, 0.717) is 59.4 Å². The van der Waals surface area contributed by atoms with Gasteiger partial charge in [0.05, 0.1) is 7.05 Å². The molecule has 42 heavy (non-hydrogen) atoms. The van der Waals surface area contributed by atoms with Crippen molar-refractivity contribution in [3.63, 3.8) is 0 Å². The lowest BCUT2D eigenvalue weighted by molar-refractivity contribution is -0.114. The van der Waals surface area contributed by atoms with E-state index in [-0.39, 0.29) is 23.4 Å². The van der Waals surface area contributed by atoms with Crippen molar-refractivity contribution in [1.29, 1.82) is 0 Å². The predicted molar refractivity (Wildman–Crippen MR) is 153 cm³/mol. The smallest absolute Gasteiger partial charge is 0.272 e. The zero-order valence-corrected chi connectivity index (χ0v) is 23.3. The molecule has 12 nitrogen and oxygen atoms in total. The fraction of sp³-hybridized carbons (Fsp3) is 0.300. The number of hydrogen-bond donors (Lipinski definition) is 1. The van der Waals surface area contributed by atoms with Crippen molar-refractivity contribution in [3.05, 3.63) is 83.9 Å². The number of pyridine rings is 1. The number of aromatic nitrogens is 6. The highest BCUT2D eigenvalue weighted by Crippen LogP contribution is 2.49. The Morgan fingerprint density at radius 1 is 1.05 bits per heavy atom. The SMILES string of the molecule is CC(=O)Nc1ccc2oc(-c3ccnc(C(=O)N4CCN(C(c5ccccc5)c5nnn(C)n5)C5(CC5)C4)c3)nc2c1. The van der Waals surface area contributed by atoms with Gasteiger partial charge in [-0.25, -0.2) is 4.98 Å². The zero-order chi connectivity index (χ0) is 28.8. The van der Waals surface area contributed by atoms with Gasteiger partial charge in [-0.15, -0.1) is 10.2 Å². The molecule has 1 atom stereocenters. The number of nitrogens with zero attached hydrogens (tertiary/aromatic N) is 8. The molecule has 2 aliphatic rings. The number of anilines is 1. The largest absolute Gasteiger partial charge is 0.436 e. The van der Waals surface area contributed by atoms with Gasteiger partial charge in [-0.1, -0.05) is 30.3 Å². The van der Waals surface area contributed by atoms with Gasteiger partial charge in [-0.3, -0.25) is 19.5 Å². The van der Waals surface area contributed by atoms with E-state index in [0.717, 1.165) is 18.4 Å². The summed E-state index contributed by atoms with van der Waals surface area (Å²) in [5.74, 6) is 0.754. The first kappa shape index (κ1) is 26.0. The van der Waals surface area contributed by atoms with E-state index in [9.17, 15) is 9.59 Å². The number of carbonyl (C=O) groups excluding carboxylic acids is 2. The first-order valence-corrected chi connectivity index (χ1v) is 13.9. The Hall–Kier alpha value is -4.97. The maximum absolute atomic E-state index is 13.8.